The number of carbonyl (C=O) groups excluding carboxylic acids is 1. The molecule has 0 fully saturated rings. The Morgan fingerprint density at radius 1 is 1.69 bits per heavy atom. The summed E-state index contributed by atoms with van der Waals surface area (Å²) in [4.78, 5) is 24.0. The third-order valence-electron chi connectivity index (χ3n) is 1.38. The first-order valence-electron chi connectivity index (χ1n) is 3.32. The number of carbonyl (C=O) groups is 1. The van der Waals surface area contributed by atoms with Gasteiger partial charge in [-0.25, -0.2) is 4.98 Å². The van der Waals surface area contributed by atoms with E-state index in [1.165, 1.54) is 24.0 Å². The Kier molecular flexibility index (Phi) is 2.97. The first-order chi connectivity index (χ1) is 6.19. The number of thioether (sulfide) groups is 1. The Bertz CT molecular complexity index is 354. The minimum atomic E-state index is -0.550. The number of hydrogen-bond donors (Lipinski definition) is 0. The maximum absolute atomic E-state index is 10.5. The lowest BCUT2D eigenvalue weighted by Crippen LogP contribution is -1.95. The summed E-state index contributed by atoms with van der Waals surface area (Å²) >= 11 is 1.17. The zero-order valence-corrected chi connectivity index (χ0v) is 7.58. The van der Waals surface area contributed by atoms with Crippen molar-refractivity contribution in [1.82, 2.24) is 4.98 Å². The van der Waals surface area contributed by atoms with E-state index in [9.17, 15) is 14.9 Å². The standard InChI is InChI=1S/C7H6N2O3S/c1-13-7-6(9(11)12)2-5(4-10)3-8-7/h2-4H,1H3. The molecular formula is C7H6N2O3S. The van der Waals surface area contributed by atoms with E-state index in [4.69, 9.17) is 0 Å². The number of nitrogens with zero attached hydrogens (tertiary/aromatic N) is 2. The quantitative estimate of drug-likeness (QED) is 0.318. The van der Waals surface area contributed by atoms with E-state index in [1.54, 1.807) is 6.26 Å². The monoisotopic (exact) mass is 198 g/mol. The van der Waals surface area contributed by atoms with E-state index in [0.717, 1.165) is 0 Å². The van der Waals surface area contributed by atoms with Gasteiger partial charge in [0.1, 0.15) is 0 Å². The summed E-state index contributed by atoms with van der Waals surface area (Å²) in [5, 5.41) is 10.8. The second-order valence-electron chi connectivity index (χ2n) is 2.17. The number of aromatic nitrogens is 1. The minimum absolute atomic E-state index is 0.128. The number of pyridine rings is 1. The van der Waals surface area contributed by atoms with Gasteiger partial charge in [-0.3, -0.25) is 14.9 Å². The molecule has 6 heteroatoms. The van der Waals surface area contributed by atoms with Crippen molar-refractivity contribution >= 4 is 23.7 Å². The van der Waals surface area contributed by atoms with Gasteiger partial charge >= 0.3 is 5.69 Å². The predicted octanol–water partition coefficient (Wildman–Crippen LogP) is 1.52. The number of rotatable bonds is 3. The molecule has 0 saturated carbocycles. The van der Waals surface area contributed by atoms with Gasteiger partial charge in [0, 0.05) is 17.8 Å². The summed E-state index contributed by atoms with van der Waals surface area (Å²) in [7, 11) is 0. The Hall–Kier alpha value is -1.43. The third-order valence-corrected chi connectivity index (χ3v) is 2.08. The molecule has 1 rings (SSSR count). The highest BCUT2D eigenvalue weighted by molar-refractivity contribution is 7.98. The van der Waals surface area contributed by atoms with Crippen LogP contribution in [-0.2, 0) is 0 Å². The fraction of sp³-hybridized carbons (Fsp3) is 0.143. The average molecular weight is 198 g/mol. The highest BCUT2D eigenvalue weighted by atomic mass is 32.2. The molecule has 0 spiro atoms. The summed E-state index contributed by atoms with van der Waals surface area (Å²) in [6, 6.07) is 1.21. The van der Waals surface area contributed by atoms with Crippen molar-refractivity contribution in [2.75, 3.05) is 6.26 Å². The largest absolute Gasteiger partial charge is 0.302 e. The Morgan fingerprint density at radius 3 is 2.85 bits per heavy atom. The molecule has 0 radical (unpaired) electrons. The van der Waals surface area contributed by atoms with Crippen LogP contribution < -0.4 is 0 Å². The molecule has 1 heterocycles. The summed E-state index contributed by atoms with van der Waals surface area (Å²) in [5.74, 6) is 0. The summed E-state index contributed by atoms with van der Waals surface area (Å²) in [5.41, 5.74) is 0.0848. The van der Waals surface area contributed by atoms with E-state index < -0.39 is 4.92 Å². The van der Waals surface area contributed by atoms with E-state index in [-0.39, 0.29) is 11.3 Å². The highest BCUT2D eigenvalue weighted by Crippen LogP contribution is 2.24. The third kappa shape index (κ3) is 2.03. The second kappa shape index (κ2) is 3.99. The normalized spacial score (nSPS) is 9.62. The lowest BCUT2D eigenvalue weighted by molar-refractivity contribution is -0.388. The SMILES string of the molecule is CSc1ncc(C=O)cc1[N+](=O)[O-]. The maximum Gasteiger partial charge on any atom is 0.302 e. The van der Waals surface area contributed by atoms with Crippen LogP contribution in [0.4, 0.5) is 5.69 Å². The van der Waals surface area contributed by atoms with Crippen molar-refractivity contribution in [3.8, 4) is 0 Å². The molecule has 0 bridgehead atoms. The second-order valence-corrected chi connectivity index (χ2v) is 2.97. The molecule has 0 aromatic carbocycles. The van der Waals surface area contributed by atoms with Crippen LogP contribution in [-0.4, -0.2) is 22.4 Å². The molecule has 1 aromatic heterocycles. The van der Waals surface area contributed by atoms with Crippen LogP contribution >= 0.6 is 11.8 Å². The fourth-order valence-electron chi connectivity index (χ4n) is 0.809. The molecule has 0 amide bonds. The average Bonchev–Trinajstić information content (AvgIpc) is 2.16. The summed E-state index contributed by atoms with van der Waals surface area (Å²) in [6.45, 7) is 0. The summed E-state index contributed by atoms with van der Waals surface area (Å²) < 4.78 is 0. The zero-order valence-electron chi connectivity index (χ0n) is 6.76. The van der Waals surface area contributed by atoms with Gasteiger partial charge in [-0.2, -0.15) is 0 Å². The van der Waals surface area contributed by atoms with Gasteiger partial charge in [-0.15, -0.1) is 11.8 Å². The minimum Gasteiger partial charge on any atom is -0.298 e. The topological polar surface area (TPSA) is 73.1 Å². The molecule has 1 aromatic rings. The molecule has 0 aliphatic rings. The first-order valence-corrected chi connectivity index (χ1v) is 4.55. The molecule has 0 saturated heterocycles. The van der Waals surface area contributed by atoms with E-state index >= 15 is 0 Å². The lowest BCUT2D eigenvalue weighted by atomic mass is 10.3. The molecule has 68 valence electrons. The van der Waals surface area contributed by atoms with Crippen molar-refractivity contribution < 1.29 is 9.72 Å². The van der Waals surface area contributed by atoms with Crippen molar-refractivity contribution in [1.29, 1.82) is 0 Å². The maximum atomic E-state index is 10.5. The first kappa shape index (κ1) is 9.66. The van der Waals surface area contributed by atoms with E-state index in [2.05, 4.69) is 4.98 Å². The molecule has 0 aliphatic carbocycles. The molecule has 0 unspecified atom stereocenters. The fourth-order valence-corrected chi connectivity index (χ4v) is 1.31. The molecule has 13 heavy (non-hydrogen) atoms. The van der Waals surface area contributed by atoms with Gasteiger partial charge in [-0.05, 0) is 6.26 Å². The Balaban J connectivity index is 3.25. The Morgan fingerprint density at radius 2 is 2.38 bits per heavy atom. The van der Waals surface area contributed by atoms with Gasteiger partial charge in [-0.1, -0.05) is 0 Å². The van der Waals surface area contributed by atoms with Gasteiger partial charge < -0.3 is 0 Å². The number of hydrogen-bond acceptors (Lipinski definition) is 5. The predicted molar refractivity (Wildman–Crippen MR) is 48.1 cm³/mol. The Labute approximate surface area is 78.3 Å². The van der Waals surface area contributed by atoms with Crippen molar-refractivity contribution in [3.63, 3.8) is 0 Å². The van der Waals surface area contributed by atoms with Crippen molar-refractivity contribution in [2.24, 2.45) is 0 Å². The highest BCUT2D eigenvalue weighted by Gasteiger charge is 2.14. The summed E-state index contributed by atoms with van der Waals surface area (Å²) in [6.07, 6.45) is 3.53. The van der Waals surface area contributed by atoms with Crippen LogP contribution in [0.5, 0.6) is 0 Å². The van der Waals surface area contributed by atoms with Gasteiger partial charge in [0.15, 0.2) is 11.3 Å². The zero-order chi connectivity index (χ0) is 9.84. The molecule has 5 nitrogen and oxygen atoms in total. The van der Waals surface area contributed by atoms with Gasteiger partial charge in [0.25, 0.3) is 0 Å². The molecular weight excluding hydrogens is 192 g/mol. The van der Waals surface area contributed by atoms with Crippen LogP contribution in [0.15, 0.2) is 17.3 Å². The lowest BCUT2D eigenvalue weighted by Gasteiger charge is -1.97. The van der Waals surface area contributed by atoms with E-state index in [0.29, 0.717) is 11.3 Å². The van der Waals surface area contributed by atoms with Crippen LogP contribution in [0.1, 0.15) is 10.4 Å². The van der Waals surface area contributed by atoms with Crippen LogP contribution in [0.3, 0.4) is 0 Å². The van der Waals surface area contributed by atoms with Gasteiger partial charge in [0.2, 0.25) is 0 Å². The van der Waals surface area contributed by atoms with E-state index in [1.807, 2.05) is 0 Å². The number of nitro groups is 1. The van der Waals surface area contributed by atoms with Crippen molar-refractivity contribution in [2.45, 2.75) is 5.03 Å². The molecule has 0 aliphatic heterocycles. The molecule has 0 N–H and O–H groups in total. The molecule has 0 atom stereocenters. The smallest absolute Gasteiger partial charge is 0.298 e. The van der Waals surface area contributed by atoms with Crippen LogP contribution in [0.25, 0.3) is 0 Å². The van der Waals surface area contributed by atoms with Crippen LogP contribution in [0.2, 0.25) is 0 Å². The van der Waals surface area contributed by atoms with Crippen LogP contribution in [0, 0.1) is 10.1 Å². The van der Waals surface area contributed by atoms with Crippen molar-refractivity contribution in [3.05, 3.63) is 27.9 Å². The van der Waals surface area contributed by atoms with Gasteiger partial charge in [0.05, 0.1) is 4.92 Å². The number of aldehydes is 1.